The van der Waals surface area contributed by atoms with Crippen LogP contribution in [0.5, 0.6) is 0 Å². The highest BCUT2D eigenvalue weighted by atomic mass is 32.1. The van der Waals surface area contributed by atoms with Gasteiger partial charge >= 0.3 is 0 Å². The number of benzene rings is 1. The molecular formula is C22H21N3O3S. The number of fused-ring (bicyclic) bond motifs is 4. The fourth-order valence-electron chi connectivity index (χ4n) is 4.32. The number of rotatable bonds is 3. The number of anilines is 1. The number of nitrogens with zero attached hydrogens (tertiary/aromatic N) is 2. The monoisotopic (exact) mass is 407 g/mol. The zero-order valence-electron chi connectivity index (χ0n) is 16.3. The Hall–Kier alpha value is -2.80. The maximum atomic E-state index is 13.1. The zero-order chi connectivity index (χ0) is 20.3. The normalized spacial score (nSPS) is 20.4. The summed E-state index contributed by atoms with van der Waals surface area (Å²) in [6, 6.07) is 5.21. The Balaban J connectivity index is 1.48. The molecule has 2 aromatic heterocycles. The fraction of sp³-hybridized carbons (Fsp3) is 0.364. The smallest absolute Gasteiger partial charge is 0.262 e. The first-order chi connectivity index (χ1) is 13.9. The van der Waals surface area contributed by atoms with E-state index in [1.54, 1.807) is 29.5 Å². The van der Waals surface area contributed by atoms with Gasteiger partial charge in [-0.3, -0.25) is 19.0 Å². The number of carbonyl (C=O) groups is 2. The van der Waals surface area contributed by atoms with Crippen LogP contribution < -0.4 is 10.9 Å². The van der Waals surface area contributed by atoms with Crippen LogP contribution in [0.15, 0.2) is 29.3 Å². The van der Waals surface area contributed by atoms with Crippen molar-refractivity contribution in [2.45, 2.75) is 45.6 Å². The number of thiophene rings is 1. The van der Waals surface area contributed by atoms with Crippen molar-refractivity contribution in [3.63, 3.8) is 0 Å². The molecule has 0 fully saturated rings. The van der Waals surface area contributed by atoms with E-state index < -0.39 is 0 Å². The molecule has 0 saturated heterocycles. The summed E-state index contributed by atoms with van der Waals surface area (Å²) in [5.74, 6) is 0.119. The van der Waals surface area contributed by atoms with Crippen LogP contribution in [0.4, 0.5) is 5.69 Å². The van der Waals surface area contributed by atoms with Crippen molar-refractivity contribution >= 4 is 38.9 Å². The summed E-state index contributed by atoms with van der Waals surface area (Å²) in [7, 11) is 0. The minimum absolute atomic E-state index is 0.0582. The maximum absolute atomic E-state index is 13.1. The molecule has 29 heavy (non-hydrogen) atoms. The molecule has 3 heterocycles. The Labute approximate surface area is 171 Å². The largest absolute Gasteiger partial charge is 0.325 e. The summed E-state index contributed by atoms with van der Waals surface area (Å²) in [4.78, 5) is 44.3. The highest BCUT2D eigenvalue weighted by molar-refractivity contribution is 7.18. The summed E-state index contributed by atoms with van der Waals surface area (Å²) in [6.07, 6.45) is 4.45. The van der Waals surface area contributed by atoms with Crippen LogP contribution in [0.3, 0.4) is 0 Å². The van der Waals surface area contributed by atoms with Gasteiger partial charge in [0.25, 0.3) is 5.56 Å². The molecule has 1 aliphatic carbocycles. The molecule has 0 unspecified atom stereocenters. The fourth-order valence-corrected chi connectivity index (χ4v) is 5.66. The molecular weight excluding hydrogens is 386 g/mol. The molecule has 0 bridgehead atoms. The summed E-state index contributed by atoms with van der Waals surface area (Å²) in [6.45, 7) is 3.99. The Morgan fingerprint density at radius 1 is 1.31 bits per heavy atom. The minimum atomic E-state index is -0.279. The summed E-state index contributed by atoms with van der Waals surface area (Å²) >= 11 is 1.61. The SMILES string of the molecule is C[C@@H]1CCc2c(sc3ncn(CC(=O)c4ccc5c(c4)[C@@H](C)C(=O)N5)c(=O)c23)C1. The van der Waals surface area contributed by atoms with Crippen molar-refractivity contribution in [3.8, 4) is 0 Å². The van der Waals surface area contributed by atoms with Crippen molar-refractivity contribution in [2.75, 3.05) is 5.32 Å². The second-order valence-corrected chi connectivity index (χ2v) is 9.23. The van der Waals surface area contributed by atoms with E-state index in [4.69, 9.17) is 0 Å². The summed E-state index contributed by atoms with van der Waals surface area (Å²) in [5, 5.41) is 3.49. The highest BCUT2D eigenvalue weighted by Gasteiger charge is 2.27. The third kappa shape index (κ3) is 2.92. The number of ketones is 1. The van der Waals surface area contributed by atoms with Gasteiger partial charge in [0.1, 0.15) is 4.83 Å². The molecule has 1 aliphatic heterocycles. The molecule has 7 heteroatoms. The van der Waals surface area contributed by atoms with Gasteiger partial charge in [-0.15, -0.1) is 11.3 Å². The number of nitrogens with one attached hydrogen (secondary N) is 1. The lowest BCUT2D eigenvalue weighted by molar-refractivity contribution is -0.116. The first-order valence-electron chi connectivity index (χ1n) is 9.90. The van der Waals surface area contributed by atoms with Gasteiger partial charge in [-0.2, -0.15) is 0 Å². The molecule has 5 rings (SSSR count). The van der Waals surface area contributed by atoms with E-state index in [9.17, 15) is 14.4 Å². The van der Waals surface area contributed by atoms with Crippen LogP contribution in [-0.2, 0) is 24.2 Å². The first-order valence-corrected chi connectivity index (χ1v) is 10.7. The summed E-state index contributed by atoms with van der Waals surface area (Å²) < 4.78 is 1.41. The third-order valence-corrected chi connectivity index (χ3v) is 7.25. The van der Waals surface area contributed by atoms with Crippen LogP contribution in [-0.4, -0.2) is 21.2 Å². The molecule has 6 nitrogen and oxygen atoms in total. The molecule has 0 saturated carbocycles. The van der Waals surface area contributed by atoms with Gasteiger partial charge in [0.15, 0.2) is 5.78 Å². The Kier molecular flexibility index (Phi) is 4.17. The summed E-state index contributed by atoms with van der Waals surface area (Å²) in [5.41, 5.74) is 3.06. The third-order valence-electron chi connectivity index (χ3n) is 6.09. The van der Waals surface area contributed by atoms with Gasteiger partial charge in [0.05, 0.1) is 24.2 Å². The Bertz CT molecular complexity index is 1240. The second-order valence-electron chi connectivity index (χ2n) is 8.15. The zero-order valence-corrected chi connectivity index (χ0v) is 17.1. The van der Waals surface area contributed by atoms with E-state index in [2.05, 4.69) is 17.2 Å². The van der Waals surface area contributed by atoms with Gasteiger partial charge < -0.3 is 5.32 Å². The van der Waals surface area contributed by atoms with E-state index in [1.165, 1.54) is 15.8 Å². The average molecular weight is 407 g/mol. The van der Waals surface area contributed by atoms with Crippen LogP contribution in [0.25, 0.3) is 10.2 Å². The number of Topliss-reactive ketones (excluding diaryl/α,β-unsaturated/α-hetero) is 1. The molecule has 0 radical (unpaired) electrons. The minimum Gasteiger partial charge on any atom is -0.325 e. The molecule has 0 spiro atoms. The molecule has 2 atom stereocenters. The number of carbonyl (C=O) groups excluding carboxylic acids is 2. The lowest BCUT2D eigenvalue weighted by Crippen LogP contribution is -2.25. The van der Waals surface area contributed by atoms with Crippen molar-refractivity contribution in [1.82, 2.24) is 9.55 Å². The van der Waals surface area contributed by atoms with E-state index in [0.717, 1.165) is 40.9 Å². The average Bonchev–Trinajstić information content (AvgIpc) is 3.20. The van der Waals surface area contributed by atoms with Crippen LogP contribution >= 0.6 is 11.3 Å². The van der Waals surface area contributed by atoms with Crippen molar-refractivity contribution < 1.29 is 9.59 Å². The van der Waals surface area contributed by atoms with Crippen LogP contribution in [0.1, 0.15) is 52.5 Å². The van der Waals surface area contributed by atoms with Gasteiger partial charge in [-0.05, 0) is 61.4 Å². The standard InChI is InChI=1S/C22H21N3O3S/c1-11-3-5-14-18(7-11)29-21-19(14)22(28)25(10-23-21)9-17(26)13-4-6-16-15(8-13)12(2)20(27)24-16/h4,6,8,10-12H,3,5,7,9H2,1-2H3,(H,24,27)/t11-,12-/m1/s1. The van der Waals surface area contributed by atoms with Crippen molar-refractivity contribution in [1.29, 1.82) is 0 Å². The Morgan fingerprint density at radius 3 is 2.97 bits per heavy atom. The lowest BCUT2D eigenvalue weighted by Gasteiger charge is -2.17. The first kappa shape index (κ1) is 18.2. The molecule has 3 aromatic rings. The van der Waals surface area contributed by atoms with Gasteiger partial charge in [-0.25, -0.2) is 4.98 Å². The van der Waals surface area contributed by atoms with Crippen molar-refractivity contribution in [2.24, 2.45) is 5.92 Å². The second kappa shape index (κ2) is 6.62. The van der Waals surface area contributed by atoms with E-state index in [-0.39, 0.29) is 29.7 Å². The van der Waals surface area contributed by atoms with Crippen LogP contribution in [0, 0.1) is 5.92 Å². The van der Waals surface area contributed by atoms with Crippen LogP contribution in [0.2, 0.25) is 0 Å². The highest BCUT2D eigenvalue weighted by Crippen LogP contribution is 2.36. The van der Waals surface area contributed by atoms with Gasteiger partial charge in [0, 0.05) is 16.1 Å². The van der Waals surface area contributed by atoms with E-state index in [1.807, 2.05) is 6.92 Å². The predicted octanol–water partition coefficient (Wildman–Crippen LogP) is 3.52. The Morgan fingerprint density at radius 2 is 2.14 bits per heavy atom. The van der Waals surface area contributed by atoms with Gasteiger partial charge in [-0.1, -0.05) is 6.92 Å². The van der Waals surface area contributed by atoms with E-state index in [0.29, 0.717) is 16.9 Å². The lowest BCUT2D eigenvalue weighted by atomic mass is 9.89. The molecule has 2 aliphatic rings. The van der Waals surface area contributed by atoms with Gasteiger partial charge in [0.2, 0.25) is 5.91 Å². The number of hydrogen-bond donors (Lipinski definition) is 1. The topological polar surface area (TPSA) is 81.1 Å². The number of amides is 1. The molecule has 1 aromatic carbocycles. The molecule has 1 N–H and O–H groups in total. The van der Waals surface area contributed by atoms with Crippen molar-refractivity contribution in [3.05, 3.63) is 56.4 Å². The predicted molar refractivity (Wildman–Crippen MR) is 113 cm³/mol. The molecule has 148 valence electrons. The maximum Gasteiger partial charge on any atom is 0.262 e. The number of aromatic nitrogens is 2. The quantitative estimate of drug-likeness (QED) is 0.674. The number of aryl methyl sites for hydroxylation is 1. The van der Waals surface area contributed by atoms with E-state index >= 15 is 0 Å². The number of hydrogen-bond acceptors (Lipinski definition) is 5. The molecule has 1 amide bonds.